The Balaban J connectivity index is 0.000000181. The highest BCUT2D eigenvalue weighted by Crippen LogP contribution is 2.41. The minimum absolute atomic E-state index is 0.00754. The number of benzene rings is 6. The van der Waals surface area contributed by atoms with Gasteiger partial charge < -0.3 is 35.0 Å². The van der Waals surface area contributed by atoms with Crippen molar-refractivity contribution in [3.8, 4) is 45.9 Å². The Morgan fingerprint density at radius 3 is 1.50 bits per heavy atom. The topological polar surface area (TPSA) is 184 Å². The van der Waals surface area contributed by atoms with Gasteiger partial charge in [0.1, 0.15) is 57.0 Å². The molecular formula is C50H53N3O9. The van der Waals surface area contributed by atoms with Crippen molar-refractivity contribution in [1.82, 2.24) is 15.0 Å². The van der Waals surface area contributed by atoms with Crippen LogP contribution in [-0.4, -0.2) is 66.3 Å². The predicted molar refractivity (Wildman–Crippen MR) is 240 cm³/mol. The highest BCUT2D eigenvalue weighted by atomic mass is 16.5. The molecule has 322 valence electrons. The standard InChI is InChI=1S/C22H29N3O.C15H14O5.C13H10O3/c1-7-21(3,4)15-13-16(22(5,6)8-2)20(26)19(14-15)25-23-17-11-9-10-12-18(17)24-25;1-19-9-3-5-11(13(16)7-9)15(18)12-6-4-10(20-2)8-14(12)17;14-10-6-7-11(12(15)8-10)13(16)9-4-2-1-3-5-9/h9-14,26H,7-8H2,1-6H3;3-8,16-17H,1-2H3;1-8,14-15H. The van der Waals surface area contributed by atoms with E-state index in [4.69, 9.17) is 14.6 Å². The predicted octanol–water partition coefficient (Wildman–Crippen LogP) is 10.2. The van der Waals surface area contributed by atoms with Crippen molar-refractivity contribution in [1.29, 1.82) is 0 Å². The number of hydrogen-bond donors (Lipinski definition) is 5. The van der Waals surface area contributed by atoms with E-state index >= 15 is 0 Å². The van der Waals surface area contributed by atoms with E-state index in [1.165, 1.54) is 56.2 Å². The first-order chi connectivity index (χ1) is 29.4. The number of carbonyl (C=O) groups is 2. The third-order valence-corrected chi connectivity index (χ3v) is 11.0. The molecular weight excluding hydrogens is 787 g/mol. The quantitative estimate of drug-likeness (QED) is 0.0781. The zero-order chi connectivity index (χ0) is 45.4. The van der Waals surface area contributed by atoms with Crippen LogP contribution in [0.15, 0.2) is 121 Å². The van der Waals surface area contributed by atoms with Crippen LogP contribution in [0.5, 0.6) is 40.2 Å². The SMILES string of the molecule is CCC(C)(C)c1cc(-n2nc3ccccc3n2)c(O)c(C(C)(C)CC)c1.COc1ccc(C(=O)c2ccc(OC)cc2O)c(O)c1.O=C(c1ccccc1)c1ccc(O)cc1O. The van der Waals surface area contributed by atoms with Gasteiger partial charge in [-0.2, -0.15) is 0 Å². The van der Waals surface area contributed by atoms with E-state index in [2.05, 4.69) is 57.8 Å². The highest BCUT2D eigenvalue weighted by molar-refractivity contribution is 6.12. The fourth-order valence-electron chi connectivity index (χ4n) is 6.30. The van der Waals surface area contributed by atoms with Crippen LogP contribution in [0.4, 0.5) is 0 Å². The normalized spacial score (nSPS) is 11.2. The zero-order valence-electron chi connectivity index (χ0n) is 36.2. The second-order valence-corrected chi connectivity index (χ2v) is 15.8. The number of aromatic hydroxyl groups is 5. The van der Waals surface area contributed by atoms with E-state index in [-0.39, 0.29) is 62.1 Å². The van der Waals surface area contributed by atoms with Crippen LogP contribution in [-0.2, 0) is 10.8 Å². The van der Waals surface area contributed by atoms with E-state index in [1.807, 2.05) is 36.4 Å². The molecule has 0 aliphatic carbocycles. The summed E-state index contributed by atoms with van der Waals surface area (Å²) < 4.78 is 9.90. The number of carbonyl (C=O) groups excluding carboxylic acids is 2. The van der Waals surface area contributed by atoms with Crippen molar-refractivity contribution in [2.45, 2.75) is 65.2 Å². The molecule has 0 aliphatic heterocycles. The molecule has 0 unspecified atom stereocenters. The van der Waals surface area contributed by atoms with Crippen molar-refractivity contribution in [3.05, 3.63) is 155 Å². The van der Waals surface area contributed by atoms with Gasteiger partial charge in [0, 0.05) is 29.3 Å². The highest BCUT2D eigenvalue weighted by Gasteiger charge is 2.29. The van der Waals surface area contributed by atoms with Crippen LogP contribution >= 0.6 is 0 Å². The number of methoxy groups -OCH3 is 2. The summed E-state index contributed by atoms with van der Waals surface area (Å²) >= 11 is 0. The van der Waals surface area contributed by atoms with Crippen LogP contribution < -0.4 is 9.47 Å². The maximum Gasteiger partial charge on any atom is 0.200 e. The average Bonchev–Trinajstić information content (AvgIpc) is 3.71. The Kier molecular flexibility index (Phi) is 14.3. The van der Waals surface area contributed by atoms with Crippen molar-refractivity contribution in [3.63, 3.8) is 0 Å². The third-order valence-electron chi connectivity index (χ3n) is 11.0. The van der Waals surface area contributed by atoms with Crippen LogP contribution in [0.1, 0.15) is 97.4 Å². The summed E-state index contributed by atoms with van der Waals surface area (Å²) in [5, 5.41) is 58.6. The van der Waals surface area contributed by atoms with E-state index < -0.39 is 5.78 Å². The molecule has 7 aromatic rings. The molecule has 12 heteroatoms. The van der Waals surface area contributed by atoms with Gasteiger partial charge in [-0.3, -0.25) is 9.59 Å². The maximum absolute atomic E-state index is 12.3. The molecule has 62 heavy (non-hydrogen) atoms. The molecule has 0 amide bonds. The van der Waals surface area contributed by atoms with E-state index in [1.54, 1.807) is 41.2 Å². The minimum Gasteiger partial charge on any atom is -0.508 e. The molecule has 0 saturated heterocycles. The largest absolute Gasteiger partial charge is 0.508 e. The van der Waals surface area contributed by atoms with Crippen molar-refractivity contribution in [2.24, 2.45) is 0 Å². The van der Waals surface area contributed by atoms with E-state index in [0.29, 0.717) is 22.7 Å². The molecule has 0 saturated carbocycles. The van der Waals surface area contributed by atoms with Gasteiger partial charge in [-0.15, -0.1) is 15.0 Å². The molecule has 0 fully saturated rings. The Morgan fingerprint density at radius 2 is 1.03 bits per heavy atom. The summed E-state index contributed by atoms with van der Waals surface area (Å²) in [5.74, 6) is -0.280. The molecule has 5 N–H and O–H groups in total. The van der Waals surface area contributed by atoms with Gasteiger partial charge >= 0.3 is 0 Å². The van der Waals surface area contributed by atoms with Gasteiger partial charge in [-0.05, 0) is 83.8 Å². The fraction of sp³-hybridized carbons (Fsp3) is 0.240. The average molecular weight is 840 g/mol. The lowest BCUT2D eigenvalue weighted by Gasteiger charge is -2.30. The number of fused-ring (bicyclic) bond motifs is 1. The summed E-state index contributed by atoms with van der Waals surface area (Å²) in [6.07, 6.45) is 1.95. The maximum atomic E-state index is 12.3. The molecule has 7 rings (SSSR count). The van der Waals surface area contributed by atoms with Crippen molar-refractivity contribution < 1.29 is 44.6 Å². The zero-order valence-corrected chi connectivity index (χ0v) is 36.2. The first-order valence-corrected chi connectivity index (χ1v) is 20.1. The van der Waals surface area contributed by atoms with Gasteiger partial charge in [0.15, 0.2) is 11.6 Å². The van der Waals surface area contributed by atoms with Crippen molar-refractivity contribution in [2.75, 3.05) is 14.2 Å². The Labute approximate surface area is 361 Å². The first-order valence-electron chi connectivity index (χ1n) is 20.1. The molecule has 0 bridgehead atoms. The number of aromatic nitrogens is 3. The van der Waals surface area contributed by atoms with Crippen LogP contribution in [0, 0.1) is 0 Å². The molecule has 0 aliphatic rings. The van der Waals surface area contributed by atoms with Gasteiger partial charge in [0.2, 0.25) is 0 Å². The molecule has 0 atom stereocenters. The molecule has 1 aromatic heterocycles. The summed E-state index contributed by atoms with van der Waals surface area (Å²) in [6, 6.07) is 33.3. The molecule has 1 heterocycles. The second kappa shape index (κ2) is 19.4. The number of ether oxygens (including phenoxy) is 2. The monoisotopic (exact) mass is 839 g/mol. The Hall–Kier alpha value is -7.34. The first kappa shape index (κ1) is 45.7. The van der Waals surface area contributed by atoms with Crippen LogP contribution in [0.25, 0.3) is 16.7 Å². The lowest BCUT2D eigenvalue weighted by molar-refractivity contribution is 0.102. The fourth-order valence-corrected chi connectivity index (χ4v) is 6.30. The summed E-state index contributed by atoms with van der Waals surface area (Å²) in [4.78, 5) is 25.8. The molecule has 0 radical (unpaired) electrons. The van der Waals surface area contributed by atoms with Crippen molar-refractivity contribution >= 4 is 22.6 Å². The number of phenols is 5. The summed E-state index contributed by atoms with van der Waals surface area (Å²) in [5.41, 5.74) is 5.19. The van der Waals surface area contributed by atoms with Crippen LogP contribution in [0.2, 0.25) is 0 Å². The number of nitrogens with zero attached hydrogens (tertiary/aromatic N) is 3. The second-order valence-electron chi connectivity index (χ2n) is 15.8. The number of rotatable bonds is 11. The third kappa shape index (κ3) is 10.3. The molecule has 6 aromatic carbocycles. The molecule has 0 spiro atoms. The summed E-state index contributed by atoms with van der Waals surface area (Å²) in [7, 11) is 2.93. The smallest absolute Gasteiger partial charge is 0.200 e. The van der Waals surface area contributed by atoms with Gasteiger partial charge in [0.05, 0.1) is 30.9 Å². The summed E-state index contributed by atoms with van der Waals surface area (Å²) in [6.45, 7) is 13.1. The lowest BCUT2D eigenvalue weighted by atomic mass is 9.76. The number of ketones is 2. The van der Waals surface area contributed by atoms with Gasteiger partial charge in [0.25, 0.3) is 0 Å². The van der Waals surface area contributed by atoms with E-state index in [0.717, 1.165) is 35.5 Å². The van der Waals surface area contributed by atoms with Gasteiger partial charge in [-0.1, -0.05) is 90.1 Å². The Bertz CT molecular complexity index is 2600. The van der Waals surface area contributed by atoms with Gasteiger partial charge in [-0.25, -0.2) is 0 Å². The Morgan fingerprint density at radius 1 is 0.565 bits per heavy atom. The number of hydrogen-bond acceptors (Lipinski definition) is 11. The molecule has 12 nitrogen and oxygen atoms in total. The van der Waals surface area contributed by atoms with Crippen LogP contribution in [0.3, 0.4) is 0 Å². The minimum atomic E-state index is -0.481. The number of phenolic OH excluding ortho intramolecular Hbond substituents is 5. The lowest BCUT2D eigenvalue weighted by Crippen LogP contribution is -2.21. The van der Waals surface area contributed by atoms with E-state index in [9.17, 15) is 30.0 Å².